The molecule has 0 unspecified atom stereocenters. The van der Waals surface area contributed by atoms with Crippen molar-refractivity contribution in [3.05, 3.63) is 47.8 Å². The van der Waals surface area contributed by atoms with Gasteiger partial charge in [0.15, 0.2) is 0 Å². The molecule has 1 saturated carbocycles. The van der Waals surface area contributed by atoms with Crippen molar-refractivity contribution in [2.45, 2.75) is 58.3 Å². The topological polar surface area (TPSA) is 0 Å². The SMILES string of the molecule is C/C=C/C1(c2ccc(F)cc2)CCCCC1.CC. The maximum atomic E-state index is 12.9. The summed E-state index contributed by atoms with van der Waals surface area (Å²) in [6.45, 7) is 6.07. The molecule has 100 valence electrons. The molecule has 2 rings (SSSR count). The van der Waals surface area contributed by atoms with Gasteiger partial charge in [-0.05, 0) is 37.5 Å². The average molecular weight is 248 g/mol. The molecule has 0 amide bonds. The lowest BCUT2D eigenvalue weighted by Crippen LogP contribution is -2.26. The molecular weight excluding hydrogens is 223 g/mol. The molecule has 0 saturated heterocycles. The largest absolute Gasteiger partial charge is 0.207 e. The van der Waals surface area contributed by atoms with E-state index in [0.29, 0.717) is 0 Å². The smallest absolute Gasteiger partial charge is 0.123 e. The van der Waals surface area contributed by atoms with Crippen molar-refractivity contribution >= 4 is 0 Å². The number of rotatable bonds is 2. The normalized spacial score (nSPS) is 18.2. The Balaban J connectivity index is 0.000000771. The zero-order chi connectivity index (χ0) is 13.4. The van der Waals surface area contributed by atoms with Crippen LogP contribution >= 0.6 is 0 Å². The van der Waals surface area contributed by atoms with Crippen LogP contribution in [0, 0.1) is 5.82 Å². The van der Waals surface area contributed by atoms with E-state index in [-0.39, 0.29) is 11.2 Å². The van der Waals surface area contributed by atoms with Crippen molar-refractivity contribution in [2.75, 3.05) is 0 Å². The Morgan fingerprint density at radius 2 is 1.56 bits per heavy atom. The third-order valence-corrected chi connectivity index (χ3v) is 3.65. The van der Waals surface area contributed by atoms with Crippen LogP contribution in [0.25, 0.3) is 0 Å². The molecule has 1 aromatic rings. The second kappa shape index (κ2) is 7.35. The highest BCUT2D eigenvalue weighted by Crippen LogP contribution is 2.40. The Morgan fingerprint density at radius 3 is 2.06 bits per heavy atom. The van der Waals surface area contributed by atoms with Gasteiger partial charge in [-0.3, -0.25) is 0 Å². The fourth-order valence-electron chi connectivity index (χ4n) is 2.84. The summed E-state index contributed by atoms with van der Waals surface area (Å²) in [6, 6.07) is 7.05. The lowest BCUT2D eigenvalue weighted by molar-refractivity contribution is 0.356. The zero-order valence-electron chi connectivity index (χ0n) is 11.9. The minimum Gasteiger partial charge on any atom is -0.207 e. The summed E-state index contributed by atoms with van der Waals surface area (Å²) in [6.07, 6.45) is 10.7. The van der Waals surface area contributed by atoms with Gasteiger partial charge in [0, 0.05) is 5.41 Å². The maximum absolute atomic E-state index is 12.9. The molecular formula is C17H25F. The summed E-state index contributed by atoms with van der Waals surface area (Å²) >= 11 is 0. The van der Waals surface area contributed by atoms with Crippen LogP contribution in [-0.2, 0) is 5.41 Å². The van der Waals surface area contributed by atoms with E-state index >= 15 is 0 Å². The number of benzene rings is 1. The van der Waals surface area contributed by atoms with Crippen molar-refractivity contribution in [3.63, 3.8) is 0 Å². The molecule has 0 spiro atoms. The highest BCUT2D eigenvalue weighted by atomic mass is 19.1. The fourth-order valence-corrected chi connectivity index (χ4v) is 2.84. The third-order valence-electron chi connectivity index (χ3n) is 3.65. The Bertz CT molecular complexity index is 356. The van der Waals surface area contributed by atoms with Crippen LogP contribution in [0.2, 0.25) is 0 Å². The lowest BCUT2D eigenvalue weighted by Gasteiger charge is -2.35. The summed E-state index contributed by atoms with van der Waals surface area (Å²) in [7, 11) is 0. The van der Waals surface area contributed by atoms with E-state index in [0.717, 1.165) is 0 Å². The summed E-state index contributed by atoms with van der Waals surface area (Å²) in [5.41, 5.74) is 1.44. The maximum Gasteiger partial charge on any atom is 0.123 e. The predicted octanol–water partition coefficient (Wildman–Crippen LogP) is 5.63. The van der Waals surface area contributed by atoms with E-state index in [1.807, 2.05) is 26.0 Å². The second-order valence-electron chi connectivity index (χ2n) is 4.72. The number of hydrogen-bond acceptors (Lipinski definition) is 0. The van der Waals surface area contributed by atoms with Crippen LogP contribution in [0.1, 0.15) is 58.4 Å². The van der Waals surface area contributed by atoms with Gasteiger partial charge in [0.1, 0.15) is 5.82 Å². The van der Waals surface area contributed by atoms with Crippen molar-refractivity contribution in [1.29, 1.82) is 0 Å². The lowest BCUT2D eigenvalue weighted by atomic mass is 9.69. The van der Waals surface area contributed by atoms with Gasteiger partial charge in [-0.1, -0.05) is 57.4 Å². The molecule has 1 heteroatoms. The van der Waals surface area contributed by atoms with Gasteiger partial charge >= 0.3 is 0 Å². The average Bonchev–Trinajstić information content (AvgIpc) is 2.43. The molecule has 1 aromatic carbocycles. The summed E-state index contributed by atoms with van der Waals surface area (Å²) in [4.78, 5) is 0. The monoisotopic (exact) mass is 248 g/mol. The number of halogens is 1. The Morgan fingerprint density at radius 1 is 1.00 bits per heavy atom. The van der Waals surface area contributed by atoms with Gasteiger partial charge < -0.3 is 0 Å². The Labute approximate surface area is 111 Å². The van der Waals surface area contributed by atoms with Crippen LogP contribution in [-0.4, -0.2) is 0 Å². The van der Waals surface area contributed by atoms with E-state index in [4.69, 9.17) is 0 Å². The first-order valence-electron chi connectivity index (χ1n) is 7.17. The first-order valence-corrected chi connectivity index (χ1v) is 7.17. The fraction of sp³-hybridized carbons (Fsp3) is 0.529. The number of hydrogen-bond donors (Lipinski definition) is 0. The highest BCUT2D eigenvalue weighted by Gasteiger charge is 2.30. The molecule has 1 aliphatic rings. The molecule has 0 radical (unpaired) electrons. The molecule has 0 atom stereocenters. The molecule has 0 aliphatic heterocycles. The summed E-state index contributed by atoms with van der Waals surface area (Å²) in [5, 5.41) is 0. The van der Waals surface area contributed by atoms with Crippen molar-refractivity contribution in [3.8, 4) is 0 Å². The van der Waals surface area contributed by atoms with E-state index in [9.17, 15) is 4.39 Å². The van der Waals surface area contributed by atoms with Gasteiger partial charge in [0.2, 0.25) is 0 Å². The van der Waals surface area contributed by atoms with Crippen molar-refractivity contribution in [1.82, 2.24) is 0 Å². The standard InChI is InChI=1S/C15H19F.C2H6/c1-2-10-15(11-4-3-5-12-15)13-6-8-14(16)9-7-13;1-2/h2,6-10H,3-5,11-12H2,1H3;1-2H3/b10-2+;. The predicted molar refractivity (Wildman–Crippen MR) is 77.3 cm³/mol. The van der Waals surface area contributed by atoms with Gasteiger partial charge in [-0.2, -0.15) is 0 Å². The van der Waals surface area contributed by atoms with E-state index in [2.05, 4.69) is 19.1 Å². The van der Waals surface area contributed by atoms with Crippen LogP contribution in [0.3, 0.4) is 0 Å². The van der Waals surface area contributed by atoms with Gasteiger partial charge in [0.25, 0.3) is 0 Å². The Hall–Kier alpha value is -1.11. The minimum absolute atomic E-state index is 0.143. The molecule has 0 N–H and O–H groups in total. The van der Waals surface area contributed by atoms with Gasteiger partial charge in [-0.25, -0.2) is 4.39 Å². The molecule has 1 aliphatic carbocycles. The van der Waals surface area contributed by atoms with Crippen molar-refractivity contribution in [2.24, 2.45) is 0 Å². The molecule has 1 fully saturated rings. The minimum atomic E-state index is -0.143. The quantitative estimate of drug-likeness (QED) is 0.595. The van der Waals surface area contributed by atoms with Crippen LogP contribution < -0.4 is 0 Å². The summed E-state index contributed by atoms with van der Waals surface area (Å²) < 4.78 is 12.9. The molecule has 0 bridgehead atoms. The van der Waals surface area contributed by atoms with Crippen LogP contribution in [0.5, 0.6) is 0 Å². The molecule has 0 heterocycles. The zero-order valence-corrected chi connectivity index (χ0v) is 11.9. The molecule has 0 nitrogen and oxygen atoms in total. The van der Waals surface area contributed by atoms with E-state index < -0.39 is 0 Å². The van der Waals surface area contributed by atoms with E-state index in [1.165, 1.54) is 37.7 Å². The first-order chi connectivity index (χ1) is 8.77. The van der Waals surface area contributed by atoms with Crippen molar-refractivity contribution < 1.29 is 4.39 Å². The second-order valence-corrected chi connectivity index (χ2v) is 4.72. The third kappa shape index (κ3) is 3.44. The van der Waals surface area contributed by atoms with Gasteiger partial charge in [-0.15, -0.1) is 0 Å². The Kier molecular flexibility index (Phi) is 6.11. The van der Waals surface area contributed by atoms with Crippen LogP contribution in [0.15, 0.2) is 36.4 Å². The van der Waals surface area contributed by atoms with Crippen LogP contribution in [0.4, 0.5) is 4.39 Å². The molecule has 18 heavy (non-hydrogen) atoms. The summed E-state index contributed by atoms with van der Waals surface area (Å²) in [5.74, 6) is -0.143. The molecule has 0 aromatic heterocycles. The van der Waals surface area contributed by atoms with E-state index in [1.54, 1.807) is 12.1 Å². The van der Waals surface area contributed by atoms with Gasteiger partial charge in [0.05, 0.1) is 0 Å². The number of allylic oxidation sites excluding steroid dienone is 2. The highest BCUT2D eigenvalue weighted by molar-refractivity contribution is 5.31. The first kappa shape index (κ1) is 14.9.